The van der Waals surface area contributed by atoms with Crippen LogP contribution in [-0.2, 0) is 15.0 Å². The van der Waals surface area contributed by atoms with Crippen LogP contribution in [0.3, 0.4) is 0 Å². The van der Waals surface area contributed by atoms with Gasteiger partial charge in [-0.1, -0.05) is 27.0 Å². The predicted molar refractivity (Wildman–Crippen MR) is 171 cm³/mol. The van der Waals surface area contributed by atoms with E-state index in [0.29, 0.717) is 40.5 Å². The molecule has 224 valence electrons. The van der Waals surface area contributed by atoms with Crippen molar-refractivity contribution in [3.05, 3.63) is 65.5 Å². The molecule has 0 fully saturated rings. The Hall–Kier alpha value is -1.70. The molecule has 0 saturated heterocycles. The zero-order chi connectivity index (χ0) is 31.4. The highest BCUT2D eigenvalue weighted by atomic mass is 79.9. The van der Waals surface area contributed by atoms with Gasteiger partial charge in [0.25, 0.3) is 0 Å². The Morgan fingerprint density at radius 2 is 1.07 bits per heavy atom. The minimum atomic E-state index is -0.897. The van der Waals surface area contributed by atoms with Crippen LogP contribution < -0.4 is 18.9 Å². The molecule has 0 aliphatic carbocycles. The fourth-order valence-electron chi connectivity index (χ4n) is 3.48. The maximum absolute atomic E-state index is 12.4. The van der Waals surface area contributed by atoms with Gasteiger partial charge >= 0.3 is 11.9 Å². The molecule has 12 heteroatoms. The zero-order valence-corrected chi connectivity index (χ0v) is 29.8. The van der Waals surface area contributed by atoms with E-state index in [1.54, 1.807) is 26.0 Å². The van der Waals surface area contributed by atoms with Gasteiger partial charge in [-0.05, 0) is 104 Å². The molecule has 0 spiro atoms. The van der Waals surface area contributed by atoms with Crippen LogP contribution in [0, 0.1) is 0 Å². The topological polar surface area (TPSA) is 112 Å². The molecule has 2 aromatic rings. The Balaban J connectivity index is 2.88. The normalized spacial score (nSPS) is 12.8. The molecule has 8 nitrogen and oxygen atoms in total. The van der Waals surface area contributed by atoms with Gasteiger partial charge in [-0.25, -0.2) is 9.59 Å². The predicted octanol–water partition coefficient (Wildman–Crippen LogP) is 7.54. The smallest absolute Gasteiger partial charge is 0.338 e. The van der Waals surface area contributed by atoms with Crippen molar-refractivity contribution in [2.24, 2.45) is 0 Å². The lowest BCUT2D eigenvalue weighted by Crippen LogP contribution is -2.25. The molecule has 2 atom stereocenters. The number of aliphatic hydroxyl groups excluding tert-OH is 2. The van der Waals surface area contributed by atoms with E-state index in [0.717, 1.165) is 0 Å². The summed E-state index contributed by atoms with van der Waals surface area (Å²) in [6, 6.07) is 3.50. The van der Waals surface area contributed by atoms with Crippen molar-refractivity contribution in [3.8, 4) is 23.0 Å². The van der Waals surface area contributed by atoms with Gasteiger partial charge in [0.05, 0.1) is 21.2 Å². The van der Waals surface area contributed by atoms with E-state index in [-0.39, 0.29) is 35.9 Å². The van der Waals surface area contributed by atoms with Gasteiger partial charge in [0.1, 0.15) is 33.7 Å². The van der Waals surface area contributed by atoms with Gasteiger partial charge in [0.15, 0.2) is 11.5 Å². The summed E-state index contributed by atoms with van der Waals surface area (Å²) in [4.78, 5) is 24.7. The standard InChI is InChI=1S/C29H32Br4O8/c1-13(2)27(36)40-25-19(30)9-17(23(21(25)32)38-11-15(5)34)29(7,8)18-10-20(31)26(41-28(37)14(3)4)22(33)24(18)39-12-16(6)35/h9-10,15-16,34-35H,1,3,11-12H2,2,4-8H3. The fourth-order valence-corrected chi connectivity index (χ4v) is 6.27. The Kier molecular flexibility index (Phi) is 12.7. The third kappa shape index (κ3) is 8.67. The average Bonchev–Trinajstić information content (AvgIpc) is 2.86. The fraction of sp³-hybridized carbons (Fsp3) is 0.379. The third-order valence-electron chi connectivity index (χ3n) is 5.63. The van der Waals surface area contributed by atoms with Crippen molar-refractivity contribution in [1.29, 1.82) is 0 Å². The van der Waals surface area contributed by atoms with E-state index in [1.807, 2.05) is 13.8 Å². The molecule has 0 bridgehead atoms. The number of carbonyl (C=O) groups is 2. The first-order valence-corrected chi connectivity index (χ1v) is 15.5. The maximum atomic E-state index is 12.4. The molecule has 0 heterocycles. The maximum Gasteiger partial charge on any atom is 0.338 e. The molecule has 0 aliphatic heterocycles. The Morgan fingerprint density at radius 3 is 1.34 bits per heavy atom. The van der Waals surface area contributed by atoms with Gasteiger partial charge in [0.2, 0.25) is 0 Å². The molecule has 0 aromatic heterocycles. The number of hydrogen-bond donors (Lipinski definition) is 2. The quantitative estimate of drug-likeness (QED) is 0.128. The summed E-state index contributed by atoms with van der Waals surface area (Å²) in [5.41, 5.74) is 0.772. The van der Waals surface area contributed by atoms with Crippen LogP contribution in [0.4, 0.5) is 0 Å². The lowest BCUT2D eigenvalue weighted by Gasteiger charge is -2.32. The summed E-state index contributed by atoms with van der Waals surface area (Å²) in [5.74, 6) is -0.269. The van der Waals surface area contributed by atoms with Crippen LogP contribution in [0.5, 0.6) is 23.0 Å². The molecule has 0 radical (unpaired) electrons. The van der Waals surface area contributed by atoms with E-state index in [9.17, 15) is 19.8 Å². The molecule has 0 amide bonds. The van der Waals surface area contributed by atoms with Crippen LogP contribution in [0.25, 0.3) is 0 Å². The number of carbonyl (C=O) groups excluding carboxylic acids is 2. The van der Waals surface area contributed by atoms with Crippen LogP contribution in [-0.4, -0.2) is 47.6 Å². The lowest BCUT2D eigenvalue weighted by molar-refractivity contribution is -0.131. The van der Waals surface area contributed by atoms with Crippen LogP contribution in [0.2, 0.25) is 0 Å². The van der Waals surface area contributed by atoms with Gasteiger partial charge in [-0.15, -0.1) is 0 Å². The highest BCUT2D eigenvalue weighted by Gasteiger charge is 2.36. The summed E-state index contributed by atoms with van der Waals surface area (Å²) >= 11 is 14.1. The summed E-state index contributed by atoms with van der Waals surface area (Å²) in [7, 11) is 0. The minimum absolute atomic E-state index is 0.0498. The van der Waals surface area contributed by atoms with Crippen molar-refractivity contribution in [3.63, 3.8) is 0 Å². The summed E-state index contributed by atoms with van der Waals surface area (Å²) < 4.78 is 24.8. The highest BCUT2D eigenvalue weighted by Crippen LogP contribution is 2.53. The van der Waals surface area contributed by atoms with Gasteiger partial charge in [-0.3, -0.25) is 0 Å². The van der Waals surface area contributed by atoms with E-state index < -0.39 is 29.6 Å². The van der Waals surface area contributed by atoms with Gasteiger partial charge < -0.3 is 29.2 Å². The first kappa shape index (κ1) is 35.5. The second kappa shape index (κ2) is 14.7. The summed E-state index contributed by atoms with van der Waals surface area (Å²) in [6.45, 7) is 17.2. The number of benzene rings is 2. The molecule has 0 saturated carbocycles. The second-order valence-corrected chi connectivity index (χ2v) is 13.3. The molecule has 2 aromatic carbocycles. The molecule has 0 aliphatic rings. The molecule has 2 rings (SSSR count). The van der Waals surface area contributed by atoms with E-state index in [2.05, 4.69) is 76.9 Å². The lowest BCUT2D eigenvalue weighted by atomic mass is 9.77. The second-order valence-electron chi connectivity index (χ2n) is 10.0. The monoisotopic (exact) mass is 824 g/mol. The third-order valence-corrected chi connectivity index (χ3v) is 8.25. The number of ether oxygens (including phenoxy) is 4. The number of esters is 2. The van der Waals surface area contributed by atoms with Crippen LogP contribution in [0.1, 0.15) is 52.7 Å². The number of rotatable bonds is 12. The number of aliphatic hydroxyl groups is 2. The average molecular weight is 828 g/mol. The van der Waals surface area contributed by atoms with Gasteiger partial charge in [-0.2, -0.15) is 0 Å². The van der Waals surface area contributed by atoms with E-state index in [4.69, 9.17) is 18.9 Å². The molecule has 2 unspecified atom stereocenters. The van der Waals surface area contributed by atoms with E-state index in [1.165, 1.54) is 13.8 Å². The molecule has 2 N–H and O–H groups in total. The number of halogens is 4. The summed E-state index contributed by atoms with van der Waals surface area (Å²) in [6.07, 6.45) is -1.59. The number of hydrogen-bond acceptors (Lipinski definition) is 8. The first-order chi connectivity index (χ1) is 18.9. The van der Waals surface area contributed by atoms with Crippen molar-refractivity contribution >= 4 is 75.7 Å². The van der Waals surface area contributed by atoms with Crippen molar-refractivity contribution in [2.75, 3.05) is 13.2 Å². The molecular formula is C29H32Br4O8. The Morgan fingerprint density at radius 1 is 0.756 bits per heavy atom. The Bertz CT molecular complexity index is 1260. The highest BCUT2D eigenvalue weighted by molar-refractivity contribution is 9.11. The van der Waals surface area contributed by atoms with Crippen molar-refractivity contribution < 1.29 is 38.7 Å². The first-order valence-electron chi connectivity index (χ1n) is 12.3. The SMILES string of the molecule is C=C(C)C(=O)Oc1c(Br)cc(C(C)(C)c2cc(Br)c(OC(=O)C(=C)C)c(Br)c2OCC(C)O)c(OCC(C)O)c1Br. The van der Waals surface area contributed by atoms with Gasteiger partial charge in [0, 0.05) is 27.7 Å². The van der Waals surface area contributed by atoms with Crippen molar-refractivity contribution in [1.82, 2.24) is 0 Å². The molecular weight excluding hydrogens is 796 g/mol. The minimum Gasteiger partial charge on any atom is -0.489 e. The molecule has 41 heavy (non-hydrogen) atoms. The largest absolute Gasteiger partial charge is 0.489 e. The van der Waals surface area contributed by atoms with E-state index >= 15 is 0 Å². The summed E-state index contributed by atoms with van der Waals surface area (Å²) in [5, 5.41) is 20.0. The Labute approximate surface area is 273 Å². The van der Waals surface area contributed by atoms with Crippen LogP contribution in [0.15, 0.2) is 54.3 Å². The van der Waals surface area contributed by atoms with Crippen LogP contribution >= 0.6 is 63.7 Å². The zero-order valence-electron chi connectivity index (χ0n) is 23.5. The van der Waals surface area contributed by atoms with Crippen molar-refractivity contribution in [2.45, 2.75) is 59.2 Å².